The van der Waals surface area contributed by atoms with Crippen molar-refractivity contribution in [3.63, 3.8) is 0 Å². The second-order valence-corrected chi connectivity index (χ2v) is 6.92. The molecule has 0 bridgehead atoms. The minimum Gasteiger partial charge on any atom is -0.444 e. The minimum atomic E-state index is -0.466. The quantitative estimate of drug-likeness (QED) is 0.478. The number of amides is 1. The summed E-state index contributed by atoms with van der Waals surface area (Å²) < 4.78 is 10.4. The summed E-state index contributed by atoms with van der Waals surface area (Å²) in [5.41, 5.74) is -0.466. The highest BCUT2D eigenvalue weighted by molar-refractivity contribution is 5.67. The predicted octanol–water partition coefficient (Wildman–Crippen LogP) is 2.30. The average molecular weight is 332 g/mol. The number of hydrogen-bond acceptors (Lipinski definition) is 5. The van der Waals surface area contributed by atoms with Gasteiger partial charge in [0.1, 0.15) is 5.60 Å². The van der Waals surface area contributed by atoms with Crippen LogP contribution in [0.5, 0.6) is 0 Å². The molecule has 3 N–H and O–H groups in total. The van der Waals surface area contributed by atoms with Crippen LogP contribution in [0.15, 0.2) is 0 Å². The van der Waals surface area contributed by atoms with Gasteiger partial charge in [0.2, 0.25) is 0 Å². The van der Waals surface area contributed by atoms with Crippen LogP contribution in [-0.4, -0.2) is 56.3 Å². The summed E-state index contributed by atoms with van der Waals surface area (Å²) in [6.07, 6.45) is 3.27. The summed E-state index contributed by atoms with van der Waals surface area (Å²) in [6.45, 7) is 10.0. The fourth-order valence-electron chi connectivity index (χ4n) is 2.27. The molecule has 0 aromatic heterocycles. The number of aliphatic hydroxyl groups is 1. The lowest BCUT2D eigenvalue weighted by molar-refractivity contribution is 0.0526. The zero-order chi connectivity index (χ0) is 17.7. The van der Waals surface area contributed by atoms with Gasteiger partial charge >= 0.3 is 6.09 Å². The van der Waals surface area contributed by atoms with Gasteiger partial charge in [-0.15, -0.1) is 0 Å². The van der Waals surface area contributed by atoms with E-state index >= 15 is 0 Å². The van der Waals surface area contributed by atoms with Crippen LogP contribution in [0.2, 0.25) is 0 Å². The van der Waals surface area contributed by atoms with E-state index in [-0.39, 0.29) is 18.7 Å². The average Bonchev–Trinajstić information content (AvgIpc) is 2.45. The number of ether oxygens (including phenoxy) is 2. The molecule has 0 aliphatic carbocycles. The maximum atomic E-state index is 11.6. The summed E-state index contributed by atoms with van der Waals surface area (Å²) in [5, 5.41) is 15.3. The highest BCUT2D eigenvalue weighted by Crippen LogP contribution is 2.08. The van der Waals surface area contributed by atoms with E-state index in [0.29, 0.717) is 19.1 Å². The Bertz CT molecular complexity index is 305. The summed E-state index contributed by atoms with van der Waals surface area (Å²) >= 11 is 0. The Balaban J connectivity index is 3.97. The zero-order valence-electron chi connectivity index (χ0n) is 15.5. The fraction of sp³-hybridized carbons (Fsp3) is 0.941. The van der Waals surface area contributed by atoms with E-state index in [4.69, 9.17) is 14.6 Å². The van der Waals surface area contributed by atoms with E-state index in [1.165, 1.54) is 0 Å². The molecule has 2 atom stereocenters. The van der Waals surface area contributed by atoms with Crippen LogP contribution in [-0.2, 0) is 9.47 Å². The van der Waals surface area contributed by atoms with Crippen molar-refractivity contribution < 1.29 is 19.4 Å². The normalized spacial score (nSPS) is 14.3. The van der Waals surface area contributed by atoms with Gasteiger partial charge < -0.3 is 25.2 Å². The summed E-state index contributed by atoms with van der Waals surface area (Å²) in [5.74, 6) is 0.485. The Morgan fingerprint density at radius 2 is 1.96 bits per heavy atom. The molecule has 138 valence electrons. The molecule has 6 nitrogen and oxygen atoms in total. The molecule has 0 saturated carbocycles. The fourth-order valence-corrected chi connectivity index (χ4v) is 2.27. The number of aliphatic hydroxyl groups excluding tert-OH is 1. The molecular formula is C17H36N2O4. The first-order valence-electron chi connectivity index (χ1n) is 8.62. The van der Waals surface area contributed by atoms with Gasteiger partial charge in [-0.25, -0.2) is 4.79 Å². The van der Waals surface area contributed by atoms with E-state index in [0.717, 1.165) is 32.2 Å². The number of carbonyl (C=O) groups excluding carboxylic acids is 1. The van der Waals surface area contributed by atoms with Crippen LogP contribution in [0, 0.1) is 5.92 Å². The largest absolute Gasteiger partial charge is 0.444 e. The van der Waals surface area contributed by atoms with Crippen LogP contribution < -0.4 is 10.6 Å². The second kappa shape index (κ2) is 12.6. The smallest absolute Gasteiger partial charge is 0.407 e. The van der Waals surface area contributed by atoms with Crippen molar-refractivity contribution in [1.82, 2.24) is 10.6 Å². The van der Waals surface area contributed by atoms with E-state index in [1.54, 1.807) is 7.11 Å². The monoisotopic (exact) mass is 332 g/mol. The van der Waals surface area contributed by atoms with Gasteiger partial charge in [-0.3, -0.25) is 0 Å². The zero-order valence-corrected chi connectivity index (χ0v) is 15.5. The lowest BCUT2D eigenvalue weighted by atomic mass is 10.0. The molecule has 0 spiro atoms. The Labute approximate surface area is 141 Å². The van der Waals surface area contributed by atoms with Gasteiger partial charge in [-0.1, -0.05) is 13.3 Å². The highest BCUT2D eigenvalue weighted by atomic mass is 16.6. The minimum absolute atomic E-state index is 0.231. The summed E-state index contributed by atoms with van der Waals surface area (Å²) in [7, 11) is 1.69. The van der Waals surface area contributed by atoms with E-state index in [2.05, 4.69) is 17.6 Å². The topological polar surface area (TPSA) is 79.8 Å². The highest BCUT2D eigenvalue weighted by Gasteiger charge is 2.16. The van der Waals surface area contributed by atoms with Crippen molar-refractivity contribution in [3.8, 4) is 0 Å². The van der Waals surface area contributed by atoms with E-state index in [9.17, 15) is 4.79 Å². The summed E-state index contributed by atoms with van der Waals surface area (Å²) in [6, 6.07) is 0.258. The molecule has 0 aliphatic rings. The van der Waals surface area contributed by atoms with Crippen LogP contribution >= 0.6 is 0 Å². The van der Waals surface area contributed by atoms with Crippen LogP contribution in [0.25, 0.3) is 0 Å². The molecule has 2 unspecified atom stereocenters. The number of methoxy groups -OCH3 is 1. The van der Waals surface area contributed by atoms with Crippen LogP contribution in [0.3, 0.4) is 0 Å². The maximum Gasteiger partial charge on any atom is 0.407 e. The Morgan fingerprint density at radius 3 is 2.48 bits per heavy atom. The van der Waals surface area contributed by atoms with Gasteiger partial charge in [0.15, 0.2) is 0 Å². The molecule has 0 aromatic rings. The van der Waals surface area contributed by atoms with Gasteiger partial charge in [-0.05, 0) is 52.5 Å². The van der Waals surface area contributed by atoms with Gasteiger partial charge in [0.25, 0.3) is 0 Å². The van der Waals surface area contributed by atoms with Crippen molar-refractivity contribution in [2.75, 3.05) is 33.4 Å². The SMILES string of the molecule is CCC(CCO)CNC(CCCNC(=O)OC(C)(C)C)COC. The molecule has 0 radical (unpaired) electrons. The van der Waals surface area contributed by atoms with E-state index < -0.39 is 5.60 Å². The van der Waals surface area contributed by atoms with Crippen molar-refractivity contribution in [2.45, 2.75) is 65.0 Å². The first kappa shape index (κ1) is 22.1. The molecule has 23 heavy (non-hydrogen) atoms. The molecular weight excluding hydrogens is 296 g/mol. The Morgan fingerprint density at radius 1 is 1.26 bits per heavy atom. The molecule has 0 rings (SSSR count). The van der Waals surface area contributed by atoms with Crippen molar-refractivity contribution >= 4 is 6.09 Å². The number of alkyl carbamates (subject to hydrolysis) is 1. The van der Waals surface area contributed by atoms with Gasteiger partial charge in [0, 0.05) is 26.3 Å². The molecule has 6 heteroatoms. The third-order valence-corrected chi connectivity index (χ3v) is 3.58. The third kappa shape index (κ3) is 13.3. The molecule has 0 heterocycles. The van der Waals surface area contributed by atoms with Crippen LogP contribution in [0.4, 0.5) is 4.79 Å². The lowest BCUT2D eigenvalue weighted by Crippen LogP contribution is -2.38. The first-order chi connectivity index (χ1) is 10.8. The number of nitrogens with one attached hydrogen (secondary N) is 2. The second-order valence-electron chi connectivity index (χ2n) is 6.92. The van der Waals surface area contributed by atoms with Crippen molar-refractivity contribution in [1.29, 1.82) is 0 Å². The maximum absolute atomic E-state index is 11.6. The molecule has 0 fully saturated rings. The third-order valence-electron chi connectivity index (χ3n) is 3.58. The lowest BCUT2D eigenvalue weighted by Gasteiger charge is -2.22. The Hall–Kier alpha value is -0.850. The summed E-state index contributed by atoms with van der Waals surface area (Å²) in [4.78, 5) is 11.6. The van der Waals surface area contributed by atoms with Crippen molar-refractivity contribution in [3.05, 3.63) is 0 Å². The van der Waals surface area contributed by atoms with Crippen molar-refractivity contribution in [2.24, 2.45) is 5.92 Å². The number of rotatable bonds is 12. The molecule has 1 amide bonds. The standard InChI is InChI=1S/C17H36N2O4/c1-6-14(9-11-20)12-19-15(13-22-5)8-7-10-18-16(21)23-17(2,3)4/h14-15,19-20H,6-13H2,1-5H3,(H,18,21). The first-order valence-corrected chi connectivity index (χ1v) is 8.62. The predicted molar refractivity (Wildman–Crippen MR) is 92.6 cm³/mol. The molecule has 0 aromatic carbocycles. The molecule has 0 saturated heterocycles. The number of hydrogen-bond donors (Lipinski definition) is 3. The van der Waals surface area contributed by atoms with E-state index in [1.807, 2.05) is 20.8 Å². The number of carbonyl (C=O) groups is 1. The van der Waals surface area contributed by atoms with Crippen LogP contribution in [0.1, 0.15) is 53.4 Å². The van der Waals surface area contributed by atoms with Gasteiger partial charge in [0.05, 0.1) is 6.61 Å². The Kier molecular flexibility index (Phi) is 12.1. The van der Waals surface area contributed by atoms with Gasteiger partial charge in [-0.2, -0.15) is 0 Å². The molecule has 0 aliphatic heterocycles.